The van der Waals surface area contributed by atoms with Crippen LogP contribution in [0.5, 0.6) is 0 Å². The second-order valence-corrected chi connectivity index (χ2v) is 7.19. The van der Waals surface area contributed by atoms with Crippen LogP contribution in [0.25, 0.3) is 5.65 Å². The van der Waals surface area contributed by atoms with Gasteiger partial charge in [0.15, 0.2) is 5.65 Å². The van der Waals surface area contributed by atoms with Gasteiger partial charge in [0.05, 0.1) is 36.9 Å². The first kappa shape index (κ1) is 20.8. The average Bonchev–Trinajstić information content (AvgIpc) is 3.37. The van der Waals surface area contributed by atoms with Crippen LogP contribution in [0.3, 0.4) is 0 Å². The first-order valence-corrected chi connectivity index (χ1v) is 10.3. The van der Waals surface area contributed by atoms with E-state index in [0.717, 1.165) is 13.1 Å². The highest BCUT2D eigenvalue weighted by Gasteiger charge is 2.27. The summed E-state index contributed by atoms with van der Waals surface area (Å²) in [4.78, 5) is 34.2. The van der Waals surface area contributed by atoms with Crippen molar-refractivity contribution in [3.05, 3.63) is 35.8 Å². The quantitative estimate of drug-likeness (QED) is 0.627. The van der Waals surface area contributed by atoms with Gasteiger partial charge >= 0.3 is 0 Å². The molecule has 3 aromatic heterocycles. The molecule has 164 valence electrons. The van der Waals surface area contributed by atoms with E-state index >= 15 is 0 Å². The minimum atomic E-state index is -0.417. The van der Waals surface area contributed by atoms with Crippen LogP contribution in [0, 0.1) is 0 Å². The van der Waals surface area contributed by atoms with Crippen LogP contribution < -0.4 is 10.2 Å². The lowest BCUT2D eigenvalue weighted by Crippen LogP contribution is -2.41. The Hall–Kier alpha value is -3.47. The predicted molar refractivity (Wildman–Crippen MR) is 114 cm³/mol. The molecule has 11 nitrogen and oxygen atoms in total. The Labute approximate surface area is 179 Å². The molecule has 0 aliphatic carbocycles. The highest BCUT2D eigenvalue weighted by Crippen LogP contribution is 2.17. The van der Waals surface area contributed by atoms with E-state index in [1.54, 1.807) is 34.8 Å². The third kappa shape index (κ3) is 4.08. The number of fused-ring (bicyclic) bond motifs is 1. The third-order valence-corrected chi connectivity index (χ3v) is 5.31. The number of aromatic nitrogens is 5. The first-order valence-electron chi connectivity index (χ1n) is 10.3. The largest absolute Gasteiger partial charge is 0.378 e. The van der Waals surface area contributed by atoms with E-state index in [1.165, 1.54) is 10.9 Å². The topological polar surface area (TPSA) is 110 Å². The van der Waals surface area contributed by atoms with Gasteiger partial charge in [-0.1, -0.05) is 0 Å². The molecule has 0 unspecified atom stereocenters. The zero-order chi connectivity index (χ0) is 22.0. The van der Waals surface area contributed by atoms with Crippen LogP contribution in [-0.2, 0) is 11.8 Å². The number of rotatable bonds is 6. The summed E-state index contributed by atoms with van der Waals surface area (Å²) in [6.45, 7) is 7.66. The molecule has 0 saturated carbocycles. The number of nitrogens with zero attached hydrogens (tertiary/aromatic N) is 7. The standard InChI is InChI=1S/C20H26N8O3/c1-4-26(5-2)20-23-16-7-6-14(13-28(16)24-20)22-18(29)17-15(12-21-25(17)3)19(30)27-8-10-31-11-9-27/h6-7,12-13H,4-5,8-11H2,1-3H3,(H,22,29). The normalized spacial score (nSPS) is 14.1. The molecule has 1 aliphatic rings. The molecule has 3 aromatic rings. The first-order chi connectivity index (χ1) is 15.0. The van der Waals surface area contributed by atoms with Gasteiger partial charge in [-0.15, -0.1) is 5.10 Å². The van der Waals surface area contributed by atoms with Crippen molar-refractivity contribution in [3.63, 3.8) is 0 Å². The van der Waals surface area contributed by atoms with E-state index in [4.69, 9.17) is 4.74 Å². The van der Waals surface area contributed by atoms with Gasteiger partial charge in [0.2, 0.25) is 5.95 Å². The molecule has 1 aliphatic heterocycles. The van der Waals surface area contributed by atoms with Gasteiger partial charge < -0.3 is 19.9 Å². The summed E-state index contributed by atoms with van der Waals surface area (Å²) < 4.78 is 8.35. The smallest absolute Gasteiger partial charge is 0.274 e. The molecule has 1 N–H and O–H groups in total. The zero-order valence-corrected chi connectivity index (χ0v) is 17.9. The van der Waals surface area contributed by atoms with Crippen molar-refractivity contribution >= 4 is 29.1 Å². The fourth-order valence-electron chi connectivity index (χ4n) is 3.58. The number of amides is 2. The van der Waals surface area contributed by atoms with Crippen LogP contribution in [-0.4, -0.2) is 80.5 Å². The van der Waals surface area contributed by atoms with Crippen LogP contribution in [0.4, 0.5) is 11.6 Å². The van der Waals surface area contributed by atoms with Crippen LogP contribution in [0.2, 0.25) is 0 Å². The Morgan fingerprint density at radius 3 is 2.65 bits per heavy atom. The molecule has 31 heavy (non-hydrogen) atoms. The number of anilines is 2. The Morgan fingerprint density at radius 1 is 1.19 bits per heavy atom. The maximum Gasteiger partial charge on any atom is 0.274 e. The summed E-state index contributed by atoms with van der Waals surface area (Å²) in [6.07, 6.45) is 3.14. The lowest BCUT2D eigenvalue weighted by Gasteiger charge is -2.26. The molecule has 1 saturated heterocycles. The molecular formula is C20H26N8O3. The van der Waals surface area contributed by atoms with Crippen molar-refractivity contribution in [2.75, 3.05) is 49.6 Å². The molecule has 4 heterocycles. The van der Waals surface area contributed by atoms with Crippen molar-refractivity contribution < 1.29 is 14.3 Å². The lowest BCUT2D eigenvalue weighted by atomic mass is 10.2. The maximum absolute atomic E-state index is 13.0. The Morgan fingerprint density at radius 2 is 1.94 bits per heavy atom. The fourth-order valence-corrected chi connectivity index (χ4v) is 3.58. The monoisotopic (exact) mass is 426 g/mol. The summed E-state index contributed by atoms with van der Waals surface area (Å²) in [5, 5.41) is 11.5. The van der Waals surface area contributed by atoms with E-state index in [2.05, 4.69) is 20.5 Å². The minimum absolute atomic E-state index is 0.207. The number of hydrogen-bond donors (Lipinski definition) is 1. The maximum atomic E-state index is 13.0. The summed E-state index contributed by atoms with van der Waals surface area (Å²) >= 11 is 0. The number of hydrogen-bond acceptors (Lipinski definition) is 7. The van der Waals surface area contributed by atoms with E-state index in [1.807, 2.05) is 18.7 Å². The molecule has 0 aromatic carbocycles. The molecule has 0 bridgehead atoms. The summed E-state index contributed by atoms with van der Waals surface area (Å²) in [5.41, 5.74) is 1.70. The van der Waals surface area contributed by atoms with Crippen LogP contribution >= 0.6 is 0 Å². The number of ether oxygens (including phenoxy) is 1. The SMILES string of the molecule is CCN(CC)c1nc2ccc(NC(=O)c3c(C(=O)N4CCOCC4)cnn3C)cn2n1. The second-order valence-electron chi connectivity index (χ2n) is 7.19. The molecular weight excluding hydrogens is 400 g/mol. The molecule has 11 heteroatoms. The highest BCUT2D eigenvalue weighted by molar-refractivity contribution is 6.11. The summed E-state index contributed by atoms with van der Waals surface area (Å²) in [6, 6.07) is 3.55. The van der Waals surface area contributed by atoms with Gasteiger partial charge in [0.1, 0.15) is 5.69 Å². The van der Waals surface area contributed by atoms with E-state index in [0.29, 0.717) is 43.6 Å². The molecule has 1 fully saturated rings. The average molecular weight is 426 g/mol. The molecule has 0 atom stereocenters. The van der Waals surface area contributed by atoms with E-state index in [-0.39, 0.29) is 17.2 Å². The van der Waals surface area contributed by atoms with Crippen molar-refractivity contribution in [2.45, 2.75) is 13.8 Å². The van der Waals surface area contributed by atoms with Crippen molar-refractivity contribution in [3.8, 4) is 0 Å². The van der Waals surface area contributed by atoms with Crippen LogP contribution in [0.15, 0.2) is 24.5 Å². The zero-order valence-electron chi connectivity index (χ0n) is 17.9. The van der Waals surface area contributed by atoms with E-state index in [9.17, 15) is 9.59 Å². The Balaban J connectivity index is 1.56. The van der Waals surface area contributed by atoms with Gasteiger partial charge in [-0.3, -0.25) is 14.3 Å². The number of nitrogens with one attached hydrogen (secondary N) is 1. The van der Waals surface area contributed by atoms with Gasteiger partial charge in [0.25, 0.3) is 11.8 Å². The third-order valence-electron chi connectivity index (χ3n) is 5.31. The highest BCUT2D eigenvalue weighted by atomic mass is 16.5. The second kappa shape index (κ2) is 8.72. The van der Waals surface area contributed by atoms with E-state index < -0.39 is 5.91 Å². The molecule has 0 radical (unpaired) electrons. The number of pyridine rings is 1. The summed E-state index contributed by atoms with van der Waals surface area (Å²) in [7, 11) is 1.64. The van der Waals surface area contributed by atoms with Gasteiger partial charge in [-0.2, -0.15) is 10.1 Å². The van der Waals surface area contributed by atoms with Gasteiger partial charge in [-0.05, 0) is 26.0 Å². The number of aryl methyl sites for hydroxylation is 1. The Bertz CT molecular complexity index is 1100. The predicted octanol–water partition coefficient (Wildman–Crippen LogP) is 1.03. The van der Waals surface area contributed by atoms with Crippen molar-refractivity contribution in [1.82, 2.24) is 29.3 Å². The van der Waals surface area contributed by atoms with Crippen molar-refractivity contribution in [1.29, 1.82) is 0 Å². The number of carbonyl (C=O) groups excluding carboxylic acids is 2. The van der Waals surface area contributed by atoms with Crippen molar-refractivity contribution in [2.24, 2.45) is 7.05 Å². The Kier molecular flexibility index (Phi) is 5.85. The van der Waals surface area contributed by atoms with Gasteiger partial charge in [0, 0.05) is 33.2 Å². The fraction of sp³-hybridized carbons (Fsp3) is 0.450. The number of carbonyl (C=O) groups is 2. The number of morpholine rings is 1. The van der Waals surface area contributed by atoms with Gasteiger partial charge in [-0.25, -0.2) is 4.52 Å². The van der Waals surface area contributed by atoms with Crippen LogP contribution in [0.1, 0.15) is 34.7 Å². The summed E-state index contributed by atoms with van der Waals surface area (Å²) in [5.74, 6) is -0.00399. The molecule has 2 amide bonds. The minimum Gasteiger partial charge on any atom is -0.378 e. The molecule has 4 rings (SSSR count). The molecule has 0 spiro atoms. The lowest BCUT2D eigenvalue weighted by molar-refractivity contribution is 0.0302.